The minimum Gasteiger partial charge on any atom is -0.303 e. The number of rotatable bonds is 3. The molecule has 3 heterocycles. The molecule has 0 bridgehead atoms. The second-order valence-electron chi connectivity index (χ2n) is 8.27. The largest absolute Gasteiger partial charge is 0.330 e. The molecule has 0 atom stereocenters. The van der Waals surface area contributed by atoms with Crippen LogP contribution in [0, 0.1) is 18.3 Å². The Morgan fingerprint density at radius 2 is 1.68 bits per heavy atom. The van der Waals surface area contributed by atoms with Crippen molar-refractivity contribution in [3.05, 3.63) is 104 Å². The molecule has 0 aliphatic rings. The molecule has 0 aliphatic heterocycles. The maximum absolute atomic E-state index is 12.6. The van der Waals surface area contributed by atoms with E-state index in [1.54, 1.807) is 19.2 Å². The van der Waals surface area contributed by atoms with Gasteiger partial charge in [-0.2, -0.15) is 5.26 Å². The van der Waals surface area contributed by atoms with Crippen LogP contribution in [0.3, 0.4) is 0 Å². The van der Waals surface area contributed by atoms with Crippen molar-refractivity contribution in [1.29, 1.82) is 5.26 Å². The number of imidazole rings is 1. The first kappa shape index (κ1) is 21.2. The lowest BCUT2D eigenvalue weighted by Crippen LogP contribution is -2.37. The predicted molar refractivity (Wildman–Crippen MR) is 133 cm³/mol. The van der Waals surface area contributed by atoms with Gasteiger partial charge in [-0.3, -0.25) is 13.8 Å². The number of hydrogen-bond donors (Lipinski definition) is 0. The molecule has 0 aliphatic carbocycles. The van der Waals surface area contributed by atoms with Gasteiger partial charge in [0.25, 0.3) is 5.56 Å². The Bertz CT molecular complexity index is 1780. The first-order valence-electron chi connectivity index (χ1n) is 10.7. The molecule has 0 saturated carbocycles. The van der Waals surface area contributed by atoms with Gasteiger partial charge in [-0.25, -0.2) is 9.78 Å². The summed E-state index contributed by atoms with van der Waals surface area (Å²) >= 11 is 0. The number of aromatic nitrogens is 4. The van der Waals surface area contributed by atoms with Crippen LogP contribution in [0.1, 0.15) is 22.3 Å². The third-order valence-corrected chi connectivity index (χ3v) is 5.98. The Kier molecular flexibility index (Phi) is 4.99. The van der Waals surface area contributed by atoms with E-state index in [0.717, 1.165) is 32.4 Å². The van der Waals surface area contributed by atoms with E-state index in [1.807, 2.05) is 65.9 Å². The summed E-state index contributed by atoms with van der Waals surface area (Å²) in [6.07, 6.45) is 4.86. The number of nitriles is 1. The summed E-state index contributed by atoms with van der Waals surface area (Å²) in [4.78, 5) is 29.4. The third-order valence-electron chi connectivity index (χ3n) is 5.98. The molecule has 0 amide bonds. The van der Waals surface area contributed by atoms with Gasteiger partial charge in [0.1, 0.15) is 11.6 Å². The molecule has 5 rings (SSSR count). The zero-order valence-corrected chi connectivity index (χ0v) is 19.0. The molecule has 166 valence electrons. The number of benzene rings is 2. The molecule has 34 heavy (non-hydrogen) atoms. The molecule has 0 radical (unpaired) electrons. The van der Waals surface area contributed by atoms with Crippen LogP contribution in [0.15, 0.2) is 70.4 Å². The minimum absolute atomic E-state index is 0.346. The lowest BCUT2D eigenvalue weighted by atomic mass is 10.0. The van der Waals surface area contributed by atoms with Crippen LogP contribution >= 0.6 is 0 Å². The van der Waals surface area contributed by atoms with Crippen LogP contribution in [-0.4, -0.2) is 18.5 Å². The van der Waals surface area contributed by atoms with Gasteiger partial charge in [0, 0.05) is 20.3 Å². The van der Waals surface area contributed by atoms with Crippen LogP contribution in [0.25, 0.3) is 40.1 Å². The summed E-state index contributed by atoms with van der Waals surface area (Å²) < 4.78 is 4.42. The first-order chi connectivity index (χ1) is 16.4. The molecule has 5 aromatic rings. The molecule has 3 aromatic heterocycles. The molecule has 0 spiro atoms. The minimum atomic E-state index is -0.399. The summed E-state index contributed by atoms with van der Waals surface area (Å²) in [7, 11) is 3.04. The maximum Gasteiger partial charge on any atom is 0.330 e. The second-order valence-corrected chi connectivity index (χ2v) is 8.27. The zero-order chi connectivity index (χ0) is 24.0. The van der Waals surface area contributed by atoms with Crippen molar-refractivity contribution >= 4 is 28.8 Å². The number of para-hydroxylation sites is 2. The van der Waals surface area contributed by atoms with Gasteiger partial charge in [-0.15, -0.1) is 0 Å². The monoisotopic (exact) mass is 447 g/mol. The van der Waals surface area contributed by atoms with Crippen LogP contribution < -0.4 is 11.2 Å². The highest BCUT2D eigenvalue weighted by molar-refractivity contribution is 5.89. The summed E-state index contributed by atoms with van der Waals surface area (Å²) in [6, 6.07) is 20.2. The zero-order valence-electron chi connectivity index (χ0n) is 19.0. The van der Waals surface area contributed by atoms with Crippen LogP contribution in [0.5, 0.6) is 0 Å². The van der Waals surface area contributed by atoms with Gasteiger partial charge in [0.15, 0.2) is 5.65 Å². The Morgan fingerprint density at radius 3 is 2.41 bits per heavy atom. The summed E-state index contributed by atoms with van der Waals surface area (Å²) in [5.41, 5.74) is 5.86. The van der Waals surface area contributed by atoms with Gasteiger partial charge in [0.2, 0.25) is 0 Å². The summed E-state index contributed by atoms with van der Waals surface area (Å²) in [5, 5.41) is 10.1. The predicted octanol–water partition coefficient (Wildman–Crippen LogP) is 3.90. The fraction of sp³-hybridized carbons (Fsp3) is 0.111. The van der Waals surface area contributed by atoms with Gasteiger partial charge in [0.05, 0.1) is 22.3 Å². The van der Waals surface area contributed by atoms with Crippen molar-refractivity contribution in [3.63, 3.8) is 0 Å². The molecule has 0 N–H and O–H groups in total. The van der Waals surface area contributed by atoms with E-state index in [-0.39, 0.29) is 0 Å². The average molecular weight is 447 g/mol. The third kappa shape index (κ3) is 3.33. The lowest BCUT2D eigenvalue weighted by Gasteiger charge is -2.11. The highest BCUT2D eigenvalue weighted by atomic mass is 16.2. The van der Waals surface area contributed by atoms with Crippen LogP contribution in [-0.2, 0) is 14.1 Å². The second kappa shape index (κ2) is 8.01. The number of hydrogen-bond acceptors (Lipinski definition) is 4. The fourth-order valence-corrected chi connectivity index (χ4v) is 4.16. The molecule has 0 unspecified atom stereocenters. The fourth-order valence-electron chi connectivity index (χ4n) is 4.16. The van der Waals surface area contributed by atoms with Gasteiger partial charge in [-0.05, 0) is 42.3 Å². The lowest BCUT2D eigenvalue weighted by molar-refractivity contribution is 0.683. The van der Waals surface area contributed by atoms with E-state index in [1.165, 1.54) is 17.8 Å². The van der Waals surface area contributed by atoms with Crippen LogP contribution in [0.4, 0.5) is 0 Å². The molecular formula is C27H21N5O2. The number of aryl methyl sites for hydroxylation is 2. The highest BCUT2D eigenvalue weighted by Crippen LogP contribution is 2.31. The van der Waals surface area contributed by atoms with E-state index in [2.05, 4.69) is 6.07 Å². The van der Waals surface area contributed by atoms with E-state index >= 15 is 0 Å². The van der Waals surface area contributed by atoms with Crippen molar-refractivity contribution in [2.45, 2.75) is 6.92 Å². The van der Waals surface area contributed by atoms with Gasteiger partial charge < -0.3 is 4.57 Å². The smallest absolute Gasteiger partial charge is 0.303 e. The van der Waals surface area contributed by atoms with Gasteiger partial charge in [-0.1, -0.05) is 48.0 Å². The Balaban J connectivity index is 1.81. The van der Waals surface area contributed by atoms with Crippen LogP contribution in [0.2, 0.25) is 0 Å². The van der Waals surface area contributed by atoms with Gasteiger partial charge >= 0.3 is 5.69 Å². The molecule has 2 aromatic carbocycles. The molecule has 0 fully saturated rings. The van der Waals surface area contributed by atoms with Crippen molar-refractivity contribution in [1.82, 2.24) is 18.5 Å². The normalized spacial score (nSPS) is 11.5. The number of pyridine rings is 1. The topological polar surface area (TPSA) is 85.1 Å². The Labute approximate surface area is 195 Å². The maximum atomic E-state index is 12.6. The molecule has 7 nitrogen and oxygen atoms in total. The van der Waals surface area contributed by atoms with Crippen molar-refractivity contribution in [3.8, 4) is 17.3 Å². The van der Waals surface area contributed by atoms with Crippen molar-refractivity contribution in [2.24, 2.45) is 14.1 Å². The van der Waals surface area contributed by atoms with Crippen molar-refractivity contribution in [2.75, 3.05) is 0 Å². The standard InChI is InChI=1S/C27H21N5O2/c1-17-8-10-18(11-9-17)24-14-19(12-13-20-16-30(2)27(34)31(3)26(20)33)21(15-28)25-29-22-6-4-5-7-23(22)32(24)25/h4-14,16H,1-3H3. The highest BCUT2D eigenvalue weighted by Gasteiger charge is 2.17. The first-order valence-corrected chi connectivity index (χ1v) is 10.7. The molecule has 0 saturated heterocycles. The average Bonchev–Trinajstić information content (AvgIpc) is 3.23. The Hall–Kier alpha value is -4.70. The van der Waals surface area contributed by atoms with E-state index in [0.29, 0.717) is 22.3 Å². The van der Waals surface area contributed by atoms with E-state index in [4.69, 9.17) is 4.98 Å². The van der Waals surface area contributed by atoms with E-state index in [9.17, 15) is 14.9 Å². The number of nitrogens with zero attached hydrogens (tertiary/aromatic N) is 5. The summed E-state index contributed by atoms with van der Waals surface area (Å²) in [5.74, 6) is 0. The van der Waals surface area contributed by atoms with Crippen molar-refractivity contribution < 1.29 is 0 Å². The summed E-state index contributed by atoms with van der Waals surface area (Å²) in [6.45, 7) is 2.03. The number of fused-ring (bicyclic) bond motifs is 3. The Morgan fingerprint density at radius 1 is 0.971 bits per heavy atom. The quantitative estimate of drug-likeness (QED) is 0.420. The van der Waals surface area contributed by atoms with E-state index < -0.39 is 11.2 Å². The SMILES string of the molecule is Cc1ccc(-c2cc(C=Cc3cn(C)c(=O)n(C)c3=O)c(C#N)c3nc4ccccc4n23)cc1. The molecule has 7 heteroatoms. The molecular weight excluding hydrogens is 426 g/mol.